The highest BCUT2D eigenvalue weighted by atomic mass is 19.4. The fourth-order valence-electron chi connectivity index (χ4n) is 4.15. The summed E-state index contributed by atoms with van der Waals surface area (Å²) in [6.07, 6.45) is -2.26. The molecule has 0 radical (unpaired) electrons. The van der Waals surface area contributed by atoms with Crippen LogP contribution in [0.25, 0.3) is 5.65 Å². The van der Waals surface area contributed by atoms with E-state index in [1.807, 2.05) is 24.3 Å². The van der Waals surface area contributed by atoms with Crippen molar-refractivity contribution in [3.8, 4) is 5.75 Å². The van der Waals surface area contributed by atoms with Gasteiger partial charge in [0.25, 0.3) is 0 Å². The van der Waals surface area contributed by atoms with Gasteiger partial charge in [0, 0.05) is 25.4 Å². The highest BCUT2D eigenvalue weighted by Gasteiger charge is 2.36. The van der Waals surface area contributed by atoms with Gasteiger partial charge in [0.15, 0.2) is 5.65 Å². The first-order chi connectivity index (χ1) is 15.4. The summed E-state index contributed by atoms with van der Waals surface area (Å²) in [4.78, 5) is 6.63. The molecule has 4 rings (SSSR count). The van der Waals surface area contributed by atoms with Crippen LogP contribution < -0.4 is 4.74 Å². The number of likely N-dealkylation sites (tertiary alicyclic amines) is 1. The number of aromatic nitrogens is 3. The minimum Gasteiger partial charge on any atom is -0.491 e. The molecule has 0 amide bonds. The summed E-state index contributed by atoms with van der Waals surface area (Å²) in [6, 6.07) is 10.6. The van der Waals surface area contributed by atoms with E-state index in [1.54, 1.807) is 20.1 Å². The Balaban J connectivity index is 1.58. The average Bonchev–Trinajstić information content (AvgIpc) is 3.39. The monoisotopic (exact) mass is 448 g/mol. The number of hydrogen-bond donors (Lipinski definition) is 0. The molecule has 1 aromatic carbocycles. The molecule has 0 bridgehead atoms. The normalized spacial score (nSPS) is 17.3. The van der Waals surface area contributed by atoms with Crippen LogP contribution in [-0.4, -0.2) is 46.4 Å². The molecule has 32 heavy (non-hydrogen) atoms. The molecule has 0 aliphatic carbocycles. The highest BCUT2D eigenvalue weighted by Crippen LogP contribution is 2.35. The number of fused-ring (bicyclic) bond motifs is 1. The Morgan fingerprint density at radius 1 is 1.16 bits per heavy atom. The SMILES string of the molecule is CCc1cc(C(F)(F)F)n2nc(C3CCCN3Cc3cccc(OCCOC)c3)cc2n1. The first-order valence-electron chi connectivity index (χ1n) is 10.8. The second-order valence-electron chi connectivity index (χ2n) is 7.94. The molecule has 3 heterocycles. The van der Waals surface area contributed by atoms with Gasteiger partial charge >= 0.3 is 6.18 Å². The summed E-state index contributed by atoms with van der Waals surface area (Å²) < 4.78 is 52.5. The van der Waals surface area contributed by atoms with Gasteiger partial charge in [-0.2, -0.15) is 18.3 Å². The molecule has 9 heteroatoms. The zero-order valence-corrected chi connectivity index (χ0v) is 18.2. The molecule has 0 saturated carbocycles. The first-order valence-corrected chi connectivity index (χ1v) is 10.8. The maximum Gasteiger partial charge on any atom is 0.433 e. The van der Waals surface area contributed by atoms with Crippen molar-refractivity contribution in [2.75, 3.05) is 26.9 Å². The molecule has 1 aliphatic heterocycles. The van der Waals surface area contributed by atoms with E-state index in [4.69, 9.17) is 9.47 Å². The largest absolute Gasteiger partial charge is 0.491 e. The van der Waals surface area contributed by atoms with E-state index >= 15 is 0 Å². The highest BCUT2D eigenvalue weighted by molar-refractivity contribution is 5.43. The smallest absolute Gasteiger partial charge is 0.433 e. The lowest BCUT2D eigenvalue weighted by molar-refractivity contribution is -0.142. The van der Waals surface area contributed by atoms with Crippen LogP contribution in [0, 0.1) is 0 Å². The Morgan fingerprint density at radius 3 is 2.75 bits per heavy atom. The summed E-state index contributed by atoms with van der Waals surface area (Å²) in [5.74, 6) is 0.772. The lowest BCUT2D eigenvalue weighted by Crippen LogP contribution is -2.23. The third kappa shape index (κ3) is 4.88. The van der Waals surface area contributed by atoms with Crippen molar-refractivity contribution in [3.05, 3.63) is 59.0 Å². The van der Waals surface area contributed by atoms with Gasteiger partial charge < -0.3 is 9.47 Å². The fraction of sp³-hybridized carbons (Fsp3) is 0.478. The third-order valence-electron chi connectivity index (χ3n) is 5.70. The fourth-order valence-corrected chi connectivity index (χ4v) is 4.15. The lowest BCUT2D eigenvalue weighted by atomic mass is 10.1. The quantitative estimate of drug-likeness (QED) is 0.469. The Hall–Kier alpha value is -2.65. The Morgan fingerprint density at radius 2 is 2.00 bits per heavy atom. The predicted octanol–water partition coefficient (Wildman–Crippen LogP) is 4.67. The summed E-state index contributed by atoms with van der Waals surface area (Å²) >= 11 is 0. The lowest BCUT2D eigenvalue weighted by Gasteiger charge is -2.23. The molecule has 6 nitrogen and oxygen atoms in total. The van der Waals surface area contributed by atoms with Crippen molar-refractivity contribution >= 4 is 5.65 Å². The van der Waals surface area contributed by atoms with Crippen LogP contribution in [-0.2, 0) is 23.9 Å². The molecule has 1 unspecified atom stereocenters. The maximum atomic E-state index is 13.6. The Kier molecular flexibility index (Phi) is 6.66. The zero-order valence-electron chi connectivity index (χ0n) is 18.2. The second-order valence-corrected chi connectivity index (χ2v) is 7.94. The molecule has 3 aromatic rings. The van der Waals surface area contributed by atoms with Gasteiger partial charge in [-0.15, -0.1) is 0 Å². The van der Waals surface area contributed by atoms with Gasteiger partial charge in [-0.1, -0.05) is 19.1 Å². The van der Waals surface area contributed by atoms with Crippen molar-refractivity contribution < 1.29 is 22.6 Å². The summed E-state index contributed by atoms with van der Waals surface area (Å²) in [7, 11) is 1.63. The number of benzene rings is 1. The summed E-state index contributed by atoms with van der Waals surface area (Å²) in [6.45, 7) is 4.30. The number of nitrogens with zero attached hydrogens (tertiary/aromatic N) is 4. The van der Waals surface area contributed by atoms with E-state index in [0.717, 1.165) is 41.3 Å². The minimum absolute atomic E-state index is 0.0547. The van der Waals surface area contributed by atoms with Crippen LogP contribution in [0.15, 0.2) is 36.4 Å². The molecule has 1 fully saturated rings. The van der Waals surface area contributed by atoms with Crippen LogP contribution in [0.4, 0.5) is 13.2 Å². The van der Waals surface area contributed by atoms with Crippen molar-refractivity contribution in [1.29, 1.82) is 0 Å². The van der Waals surface area contributed by atoms with Gasteiger partial charge in [-0.05, 0) is 49.6 Å². The second kappa shape index (κ2) is 9.46. The molecule has 0 spiro atoms. The molecule has 1 saturated heterocycles. The van der Waals surface area contributed by atoms with Gasteiger partial charge in [-0.25, -0.2) is 9.50 Å². The van der Waals surface area contributed by atoms with E-state index in [2.05, 4.69) is 15.0 Å². The molecular formula is C23H27F3N4O2. The topological polar surface area (TPSA) is 51.9 Å². The van der Waals surface area contributed by atoms with E-state index in [0.29, 0.717) is 37.6 Å². The van der Waals surface area contributed by atoms with Crippen LogP contribution in [0.3, 0.4) is 0 Å². The van der Waals surface area contributed by atoms with Gasteiger partial charge in [0.1, 0.15) is 18.1 Å². The van der Waals surface area contributed by atoms with Crippen LogP contribution >= 0.6 is 0 Å². The Bertz CT molecular complexity index is 1070. The van der Waals surface area contributed by atoms with Gasteiger partial charge in [0.2, 0.25) is 0 Å². The van der Waals surface area contributed by atoms with E-state index in [9.17, 15) is 13.2 Å². The number of alkyl halides is 3. The van der Waals surface area contributed by atoms with E-state index in [-0.39, 0.29) is 11.7 Å². The van der Waals surface area contributed by atoms with Crippen LogP contribution in [0.5, 0.6) is 5.75 Å². The first kappa shape index (κ1) is 22.5. The summed E-state index contributed by atoms with van der Waals surface area (Å²) in [5.41, 5.74) is 1.58. The van der Waals surface area contributed by atoms with Crippen LogP contribution in [0.1, 0.15) is 48.5 Å². The van der Waals surface area contributed by atoms with E-state index in [1.165, 1.54) is 0 Å². The van der Waals surface area contributed by atoms with Gasteiger partial charge in [0.05, 0.1) is 18.3 Å². The minimum atomic E-state index is -4.49. The molecule has 2 aromatic heterocycles. The number of methoxy groups -OCH3 is 1. The van der Waals surface area contributed by atoms with Crippen molar-refractivity contribution in [3.63, 3.8) is 0 Å². The van der Waals surface area contributed by atoms with Crippen molar-refractivity contribution in [2.45, 2.75) is 44.9 Å². The number of ether oxygens (including phenoxy) is 2. The van der Waals surface area contributed by atoms with Crippen molar-refractivity contribution in [2.24, 2.45) is 0 Å². The standard InChI is InChI=1S/C23H27F3N4O2/c1-3-17-13-21(23(24,25)26)30-22(27-17)14-19(28-30)20-8-5-9-29(20)15-16-6-4-7-18(12-16)32-11-10-31-2/h4,6-7,12-14,20H,3,5,8-11,15H2,1-2H3. The molecule has 172 valence electrons. The van der Waals surface area contributed by atoms with E-state index < -0.39 is 11.9 Å². The molecular weight excluding hydrogens is 421 g/mol. The predicted molar refractivity (Wildman–Crippen MR) is 114 cm³/mol. The Labute approximate surface area is 185 Å². The number of aryl methyl sites for hydroxylation is 1. The molecule has 1 atom stereocenters. The summed E-state index contributed by atoms with van der Waals surface area (Å²) in [5, 5.41) is 4.35. The number of rotatable bonds is 8. The van der Waals surface area contributed by atoms with Crippen LogP contribution in [0.2, 0.25) is 0 Å². The van der Waals surface area contributed by atoms with Crippen molar-refractivity contribution in [1.82, 2.24) is 19.5 Å². The number of hydrogen-bond acceptors (Lipinski definition) is 5. The molecule has 1 aliphatic rings. The molecule has 0 N–H and O–H groups in total. The zero-order chi connectivity index (χ0) is 22.7. The number of halogens is 3. The maximum absolute atomic E-state index is 13.6. The van der Waals surface area contributed by atoms with Gasteiger partial charge in [-0.3, -0.25) is 4.90 Å². The average molecular weight is 448 g/mol. The third-order valence-corrected chi connectivity index (χ3v) is 5.70.